The molecule has 7 heteroatoms. The van der Waals surface area contributed by atoms with E-state index in [1.165, 1.54) is 19.1 Å². The zero-order valence-corrected chi connectivity index (χ0v) is 12.0. The van der Waals surface area contributed by atoms with Gasteiger partial charge in [-0.15, -0.1) is 0 Å². The maximum Gasteiger partial charge on any atom is 0.315 e. The van der Waals surface area contributed by atoms with Gasteiger partial charge in [-0.3, -0.25) is 4.79 Å². The minimum atomic E-state index is -4.50. The van der Waals surface area contributed by atoms with Gasteiger partial charge in [-0.1, -0.05) is 31.2 Å². The van der Waals surface area contributed by atoms with Crippen LogP contribution in [0, 0.1) is 5.92 Å². The third-order valence-electron chi connectivity index (χ3n) is 2.93. The molecule has 0 aliphatic carbocycles. The minimum Gasteiger partial charge on any atom is -0.748 e. The molecule has 0 fully saturated rings. The molecule has 0 radical (unpaired) electrons. The molecule has 0 aliphatic heterocycles. The van der Waals surface area contributed by atoms with E-state index in [0.717, 1.165) is 0 Å². The van der Waals surface area contributed by atoms with Crippen LogP contribution in [0.3, 0.4) is 0 Å². The second-order valence-corrected chi connectivity index (χ2v) is 6.12. The SMILES string of the molecule is CC(CS(=O)(=O)[O-])C(=O)Oc1cccc2c(O)cccc12. The van der Waals surface area contributed by atoms with Gasteiger partial charge < -0.3 is 14.4 Å². The highest BCUT2D eigenvalue weighted by Gasteiger charge is 2.19. The normalized spacial score (nSPS) is 13.0. The number of fused-ring (bicyclic) bond motifs is 1. The number of rotatable bonds is 4. The van der Waals surface area contributed by atoms with Gasteiger partial charge in [0.15, 0.2) is 0 Å². The Bertz CT molecular complexity index is 781. The van der Waals surface area contributed by atoms with Crippen molar-refractivity contribution in [2.45, 2.75) is 6.92 Å². The Morgan fingerprint density at radius 3 is 2.52 bits per heavy atom. The summed E-state index contributed by atoms with van der Waals surface area (Å²) in [6.07, 6.45) is 0. The van der Waals surface area contributed by atoms with Gasteiger partial charge in [-0.2, -0.15) is 0 Å². The maximum atomic E-state index is 11.8. The van der Waals surface area contributed by atoms with E-state index < -0.39 is 27.8 Å². The van der Waals surface area contributed by atoms with Crippen molar-refractivity contribution in [1.29, 1.82) is 0 Å². The Labute approximate surface area is 121 Å². The van der Waals surface area contributed by atoms with E-state index in [0.29, 0.717) is 10.8 Å². The highest BCUT2D eigenvalue weighted by molar-refractivity contribution is 7.85. The first-order valence-electron chi connectivity index (χ1n) is 6.14. The lowest BCUT2D eigenvalue weighted by Gasteiger charge is -2.14. The molecule has 0 spiro atoms. The van der Waals surface area contributed by atoms with Crippen molar-refractivity contribution < 1.29 is 27.6 Å². The summed E-state index contributed by atoms with van der Waals surface area (Å²) in [5, 5.41) is 10.8. The van der Waals surface area contributed by atoms with Crippen LogP contribution < -0.4 is 4.74 Å². The number of carbonyl (C=O) groups is 1. The van der Waals surface area contributed by atoms with Crippen molar-refractivity contribution in [3.8, 4) is 11.5 Å². The summed E-state index contributed by atoms with van der Waals surface area (Å²) in [4.78, 5) is 11.8. The van der Waals surface area contributed by atoms with Gasteiger partial charge in [0.05, 0.1) is 21.8 Å². The van der Waals surface area contributed by atoms with E-state index in [2.05, 4.69) is 0 Å². The fourth-order valence-electron chi connectivity index (χ4n) is 1.94. The van der Waals surface area contributed by atoms with Gasteiger partial charge in [0, 0.05) is 10.8 Å². The summed E-state index contributed by atoms with van der Waals surface area (Å²) >= 11 is 0. The summed E-state index contributed by atoms with van der Waals surface area (Å²) in [6.45, 7) is 1.31. The molecule has 0 saturated heterocycles. The number of ether oxygens (including phenoxy) is 1. The molecular weight excluding hydrogens is 296 g/mol. The molecule has 112 valence electrons. The summed E-state index contributed by atoms with van der Waals surface area (Å²) < 4.78 is 37.1. The molecule has 1 atom stereocenters. The molecule has 2 rings (SSSR count). The second kappa shape index (κ2) is 5.71. The average Bonchev–Trinajstić information content (AvgIpc) is 2.38. The molecule has 2 aromatic rings. The van der Waals surface area contributed by atoms with Crippen molar-refractivity contribution in [1.82, 2.24) is 0 Å². The zero-order valence-electron chi connectivity index (χ0n) is 11.1. The number of benzene rings is 2. The Hall–Kier alpha value is -2.12. The van der Waals surface area contributed by atoms with Crippen molar-refractivity contribution in [3.63, 3.8) is 0 Å². The number of aromatic hydroxyl groups is 1. The Morgan fingerprint density at radius 2 is 1.86 bits per heavy atom. The highest BCUT2D eigenvalue weighted by Crippen LogP contribution is 2.31. The van der Waals surface area contributed by atoms with Crippen LogP contribution in [-0.4, -0.2) is 29.8 Å². The Kier molecular flexibility index (Phi) is 4.15. The predicted octanol–water partition coefficient (Wildman–Crippen LogP) is 1.63. The zero-order chi connectivity index (χ0) is 15.6. The second-order valence-electron chi connectivity index (χ2n) is 4.67. The number of phenols is 1. The molecule has 21 heavy (non-hydrogen) atoms. The monoisotopic (exact) mass is 309 g/mol. The number of carbonyl (C=O) groups excluding carboxylic acids is 1. The van der Waals surface area contributed by atoms with Gasteiger partial charge >= 0.3 is 5.97 Å². The molecule has 0 amide bonds. The standard InChI is InChI=1S/C14H14O6S/c1-9(8-21(17,18)19)14(16)20-13-7-3-4-10-11(13)5-2-6-12(10)15/h2-7,9,15H,8H2,1H3,(H,17,18,19)/p-1. The topological polar surface area (TPSA) is 104 Å². The van der Waals surface area contributed by atoms with Crippen LogP contribution in [0.2, 0.25) is 0 Å². The van der Waals surface area contributed by atoms with Crippen LogP contribution in [0.5, 0.6) is 11.5 Å². The summed E-state index contributed by atoms with van der Waals surface area (Å²) in [5.74, 6) is -2.46. The lowest BCUT2D eigenvalue weighted by molar-refractivity contribution is -0.137. The summed E-state index contributed by atoms with van der Waals surface area (Å²) in [7, 11) is -4.50. The first-order chi connectivity index (χ1) is 9.78. The molecule has 0 saturated carbocycles. The highest BCUT2D eigenvalue weighted by atomic mass is 32.2. The number of esters is 1. The van der Waals surface area contributed by atoms with Crippen molar-refractivity contribution >= 4 is 26.9 Å². The molecule has 0 bridgehead atoms. The van der Waals surface area contributed by atoms with Gasteiger partial charge in [0.25, 0.3) is 0 Å². The van der Waals surface area contributed by atoms with Crippen LogP contribution in [0.15, 0.2) is 36.4 Å². The maximum absolute atomic E-state index is 11.8. The summed E-state index contributed by atoms with van der Waals surface area (Å²) in [6, 6.07) is 9.54. The van der Waals surface area contributed by atoms with E-state index >= 15 is 0 Å². The number of hydrogen-bond donors (Lipinski definition) is 1. The van der Waals surface area contributed by atoms with Crippen LogP contribution in [0.1, 0.15) is 6.92 Å². The van der Waals surface area contributed by atoms with Gasteiger partial charge in [-0.05, 0) is 12.1 Å². The third kappa shape index (κ3) is 3.71. The van der Waals surface area contributed by atoms with Crippen molar-refractivity contribution in [2.24, 2.45) is 5.92 Å². The van der Waals surface area contributed by atoms with Crippen LogP contribution in [-0.2, 0) is 14.9 Å². The average molecular weight is 309 g/mol. The van der Waals surface area contributed by atoms with E-state index in [4.69, 9.17) is 4.74 Å². The van der Waals surface area contributed by atoms with E-state index in [-0.39, 0.29) is 11.5 Å². The van der Waals surface area contributed by atoms with E-state index in [9.17, 15) is 22.9 Å². The van der Waals surface area contributed by atoms with Gasteiger partial charge in [0.1, 0.15) is 11.5 Å². The molecular formula is C14H13O6S-. The van der Waals surface area contributed by atoms with Crippen molar-refractivity contribution in [3.05, 3.63) is 36.4 Å². The van der Waals surface area contributed by atoms with Gasteiger partial charge in [0.2, 0.25) is 0 Å². The lowest BCUT2D eigenvalue weighted by atomic mass is 10.1. The molecule has 6 nitrogen and oxygen atoms in total. The third-order valence-corrected chi connectivity index (χ3v) is 3.83. The largest absolute Gasteiger partial charge is 0.748 e. The molecule has 2 aromatic carbocycles. The first kappa shape index (κ1) is 15.3. The van der Waals surface area contributed by atoms with Crippen molar-refractivity contribution in [2.75, 3.05) is 5.75 Å². The fraction of sp³-hybridized carbons (Fsp3) is 0.214. The smallest absolute Gasteiger partial charge is 0.315 e. The minimum absolute atomic E-state index is 0.0422. The quantitative estimate of drug-likeness (QED) is 0.523. The fourth-order valence-corrected chi connectivity index (χ4v) is 2.69. The van der Waals surface area contributed by atoms with E-state index in [1.54, 1.807) is 24.3 Å². The molecule has 0 heterocycles. The van der Waals surface area contributed by atoms with E-state index in [1.807, 2.05) is 0 Å². The number of phenolic OH excluding ortho intramolecular Hbond substituents is 1. The van der Waals surface area contributed by atoms with Crippen LogP contribution in [0.25, 0.3) is 10.8 Å². The van der Waals surface area contributed by atoms with Crippen LogP contribution in [0.4, 0.5) is 0 Å². The van der Waals surface area contributed by atoms with Gasteiger partial charge in [-0.25, -0.2) is 8.42 Å². The molecule has 0 aliphatic rings. The number of hydrogen-bond acceptors (Lipinski definition) is 6. The predicted molar refractivity (Wildman–Crippen MR) is 75.0 cm³/mol. The first-order valence-corrected chi connectivity index (χ1v) is 7.71. The molecule has 0 aromatic heterocycles. The van der Waals surface area contributed by atoms with Crippen LogP contribution >= 0.6 is 0 Å². The molecule has 1 N–H and O–H groups in total. The Morgan fingerprint density at radius 1 is 1.24 bits per heavy atom. The summed E-state index contributed by atoms with van der Waals surface area (Å²) in [5.41, 5.74) is 0. The molecule has 1 unspecified atom stereocenters. The Balaban J connectivity index is 2.28. The lowest BCUT2D eigenvalue weighted by Crippen LogP contribution is -2.25.